The second kappa shape index (κ2) is 7.13. The van der Waals surface area contributed by atoms with Crippen molar-refractivity contribution in [3.8, 4) is 5.69 Å². The van der Waals surface area contributed by atoms with Crippen molar-refractivity contribution < 1.29 is 0 Å². The van der Waals surface area contributed by atoms with Crippen LogP contribution in [0.4, 0.5) is 5.82 Å². The van der Waals surface area contributed by atoms with E-state index < -0.39 is 0 Å². The zero-order valence-electron chi connectivity index (χ0n) is 15.5. The van der Waals surface area contributed by atoms with Gasteiger partial charge in [-0.2, -0.15) is 16.9 Å². The Bertz CT molecular complexity index is 921. The summed E-state index contributed by atoms with van der Waals surface area (Å²) >= 11 is 1.99. The van der Waals surface area contributed by atoms with Crippen LogP contribution in [0.25, 0.3) is 16.7 Å². The van der Waals surface area contributed by atoms with Gasteiger partial charge in [-0.05, 0) is 44.3 Å². The molecular formula is C20H24N6S. The molecule has 0 aliphatic carbocycles. The minimum Gasteiger partial charge on any atom is -0.353 e. The molecule has 3 aromatic rings. The van der Waals surface area contributed by atoms with Gasteiger partial charge in [0, 0.05) is 24.4 Å². The Balaban J connectivity index is 1.49. The van der Waals surface area contributed by atoms with Gasteiger partial charge in [-0.1, -0.05) is 18.2 Å². The van der Waals surface area contributed by atoms with Gasteiger partial charge in [0.25, 0.3) is 0 Å². The minimum atomic E-state index is 0.608. The molecule has 2 fully saturated rings. The maximum Gasteiger partial charge on any atom is 0.168 e. The molecule has 6 nitrogen and oxygen atoms in total. The summed E-state index contributed by atoms with van der Waals surface area (Å²) in [5.74, 6) is 1.02. The summed E-state index contributed by atoms with van der Waals surface area (Å²) < 4.78 is 1.90. The van der Waals surface area contributed by atoms with Crippen molar-refractivity contribution in [2.45, 2.75) is 24.1 Å². The number of anilines is 1. The molecule has 2 atom stereocenters. The largest absolute Gasteiger partial charge is 0.353 e. The standard InChI is InChI=1S/C20H24N6S/c1-27-18-13-25(12-17(18)24-9-5-6-10-24)19-16-11-23-26(20(16)22-14-21-19)15-7-3-2-4-8-15/h2-4,7-8,11,14,17-18H,5-6,9-10,12-13H2,1H3/t17-,18-/m0/s1. The lowest BCUT2D eigenvalue weighted by atomic mass is 10.2. The van der Waals surface area contributed by atoms with Crippen molar-refractivity contribution in [3.63, 3.8) is 0 Å². The average Bonchev–Trinajstić information content (AvgIpc) is 3.46. The minimum absolute atomic E-state index is 0.608. The summed E-state index contributed by atoms with van der Waals surface area (Å²) in [5, 5.41) is 6.26. The molecule has 27 heavy (non-hydrogen) atoms. The number of likely N-dealkylation sites (tertiary alicyclic amines) is 1. The summed E-state index contributed by atoms with van der Waals surface area (Å²) in [6.07, 6.45) is 8.49. The van der Waals surface area contributed by atoms with Crippen molar-refractivity contribution in [3.05, 3.63) is 42.9 Å². The number of thioether (sulfide) groups is 1. The van der Waals surface area contributed by atoms with Crippen molar-refractivity contribution in [1.82, 2.24) is 24.6 Å². The van der Waals surface area contributed by atoms with Crippen LogP contribution in [-0.2, 0) is 0 Å². The Morgan fingerprint density at radius 2 is 1.85 bits per heavy atom. The van der Waals surface area contributed by atoms with E-state index in [2.05, 4.69) is 43.3 Å². The fraction of sp³-hybridized carbons (Fsp3) is 0.450. The molecule has 0 unspecified atom stereocenters. The highest BCUT2D eigenvalue weighted by Crippen LogP contribution is 2.33. The molecule has 2 aromatic heterocycles. The lowest BCUT2D eigenvalue weighted by Gasteiger charge is -2.27. The van der Waals surface area contributed by atoms with Crippen LogP contribution in [0.2, 0.25) is 0 Å². The highest BCUT2D eigenvalue weighted by molar-refractivity contribution is 7.99. The number of aromatic nitrogens is 4. The Morgan fingerprint density at radius 1 is 1.04 bits per heavy atom. The highest BCUT2D eigenvalue weighted by Gasteiger charge is 2.38. The third-order valence-corrected chi connectivity index (χ3v) is 6.86. The van der Waals surface area contributed by atoms with Gasteiger partial charge >= 0.3 is 0 Å². The molecule has 2 aliphatic heterocycles. The average molecular weight is 381 g/mol. The number of fused-ring (bicyclic) bond motifs is 1. The predicted octanol–water partition coefficient (Wildman–Crippen LogP) is 2.83. The molecule has 5 rings (SSSR count). The molecule has 2 saturated heterocycles. The summed E-state index contributed by atoms with van der Waals surface area (Å²) in [7, 11) is 0. The van der Waals surface area contributed by atoms with Gasteiger partial charge in [0.1, 0.15) is 12.1 Å². The molecule has 1 aromatic carbocycles. The van der Waals surface area contributed by atoms with Crippen LogP contribution in [0.1, 0.15) is 12.8 Å². The third kappa shape index (κ3) is 2.99. The lowest BCUT2D eigenvalue weighted by molar-refractivity contribution is 0.264. The van der Waals surface area contributed by atoms with Crippen LogP contribution < -0.4 is 4.90 Å². The smallest absolute Gasteiger partial charge is 0.168 e. The van der Waals surface area contributed by atoms with Crippen molar-refractivity contribution >= 4 is 28.6 Å². The maximum absolute atomic E-state index is 4.66. The van der Waals surface area contributed by atoms with E-state index >= 15 is 0 Å². The molecule has 4 heterocycles. The summed E-state index contributed by atoms with van der Waals surface area (Å²) in [6.45, 7) is 4.54. The zero-order chi connectivity index (χ0) is 18.2. The van der Waals surface area contributed by atoms with Crippen LogP contribution >= 0.6 is 11.8 Å². The molecule has 0 N–H and O–H groups in total. The van der Waals surface area contributed by atoms with Crippen molar-refractivity contribution in [2.24, 2.45) is 0 Å². The normalized spacial score (nSPS) is 23.5. The first-order valence-corrected chi connectivity index (χ1v) is 10.9. The van der Waals surface area contributed by atoms with Crippen LogP contribution in [0.3, 0.4) is 0 Å². The predicted molar refractivity (Wildman–Crippen MR) is 111 cm³/mol. The molecule has 0 bridgehead atoms. The fourth-order valence-electron chi connectivity index (χ4n) is 4.43. The number of benzene rings is 1. The van der Waals surface area contributed by atoms with Crippen LogP contribution in [0, 0.1) is 0 Å². The van der Waals surface area contributed by atoms with Gasteiger partial charge in [-0.15, -0.1) is 0 Å². The number of nitrogens with zero attached hydrogens (tertiary/aromatic N) is 6. The topological polar surface area (TPSA) is 50.1 Å². The molecule has 140 valence electrons. The van der Waals surface area contributed by atoms with E-state index in [0.717, 1.165) is 35.6 Å². The van der Waals surface area contributed by atoms with Gasteiger partial charge < -0.3 is 4.90 Å². The van der Waals surface area contributed by atoms with E-state index in [0.29, 0.717) is 11.3 Å². The van der Waals surface area contributed by atoms with E-state index in [1.54, 1.807) is 6.33 Å². The van der Waals surface area contributed by atoms with E-state index in [4.69, 9.17) is 0 Å². The van der Waals surface area contributed by atoms with Gasteiger partial charge in [0.05, 0.1) is 17.3 Å². The van der Waals surface area contributed by atoms with Gasteiger partial charge in [-0.25, -0.2) is 14.6 Å². The number of rotatable bonds is 4. The SMILES string of the molecule is CS[C@H]1CN(c2ncnc3c2cnn3-c2ccccc2)C[C@@H]1N1CCCC1. The third-order valence-electron chi connectivity index (χ3n) is 5.79. The number of para-hydroxylation sites is 1. The maximum atomic E-state index is 4.66. The molecular weight excluding hydrogens is 356 g/mol. The molecule has 7 heteroatoms. The van der Waals surface area contributed by atoms with Crippen molar-refractivity contribution in [2.75, 3.05) is 37.3 Å². The van der Waals surface area contributed by atoms with E-state index in [-0.39, 0.29) is 0 Å². The molecule has 2 aliphatic rings. The van der Waals surface area contributed by atoms with E-state index in [1.165, 1.54) is 25.9 Å². The highest BCUT2D eigenvalue weighted by atomic mass is 32.2. The second-order valence-corrected chi connectivity index (χ2v) is 8.39. The summed E-state index contributed by atoms with van der Waals surface area (Å²) in [5.41, 5.74) is 1.90. The quantitative estimate of drug-likeness (QED) is 0.694. The van der Waals surface area contributed by atoms with Crippen LogP contribution in [0.15, 0.2) is 42.9 Å². The number of hydrogen-bond donors (Lipinski definition) is 0. The first kappa shape index (κ1) is 17.0. The fourth-order valence-corrected chi connectivity index (χ4v) is 5.33. The molecule has 0 radical (unpaired) electrons. The van der Waals surface area contributed by atoms with Crippen LogP contribution in [0.5, 0.6) is 0 Å². The zero-order valence-corrected chi connectivity index (χ0v) is 16.3. The lowest BCUT2D eigenvalue weighted by Crippen LogP contribution is -2.40. The Morgan fingerprint density at radius 3 is 2.63 bits per heavy atom. The summed E-state index contributed by atoms with van der Waals surface area (Å²) in [6, 6.07) is 10.8. The van der Waals surface area contributed by atoms with Gasteiger partial charge in [0.2, 0.25) is 0 Å². The van der Waals surface area contributed by atoms with Crippen LogP contribution in [-0.4, -0.2) is 68.4 Å². The Kier molecular flexibility index (Phi) is 4.49. The molecule has 0 amide bonds. The second-order valence-electron chi connectivity index (χ2n) is 7.32. The van der Waals surface area contributed by atoms with Crippen molar-refractivity contribution in [1.29, 1.82) is 0 Å². The van der Waals surface area contributed by atoms with Gasteiger partial charge in [-0.3, -0.25) is 4.90 Å². The number of hydrogen-bond acceptors (Lipinski definition) is 6. The first-order chi connectivity index (χ1) is 13.3. The Hall–Kier alpha value is -2.12. The monoisotopic (exact) mass is 380 g/mol. The molecule has 0 saturated carbocycles. The Labute approximate surface area is 163 Å². The van der Waals surface area contributed by atoms with E-state index in [9.17, 15) is 0 Å². The van der Waals surface area contributed by atoms with E-state index in [1.807, 2.05) is 40.8 Å². The molecule has 0 spiro atoms. The first-order valence-electron chi connectivity index (χ1n) is 9.61. The summed E-state index contributed by atoms with van der Waals surface area (Å²) in [4.78, 5) is 14.3. The van der Waals surface area contributed by atoms with Gasteiger partial charge in [0.15, 0.2) is 5.65 Å².